The molecule has 0 aliphatic carbocycles. The summed E-state index contributed by atoms with van der Waals surface area (Å²) in [5, 5.41) is 15.4. The summed E-state index contributed by atoms with van der Waals surface area (Å²) in [5.41, 5.74) is 0.459. The van der Waals surface area contributed by atoms with E-state index in [2.05, 4.69) is 16.6 Å². The number of ether oxygens (including phenoxy) is 1. The summed E-state index contributed by atoms with van der Waals surface area (Å²) < 4.78 is 5.37. The van der Waals surface area contributed by atoms with Crippen LogP contribution in [0.5, 0.6) is 0 Å². The van der Waals surface area contributed by atoms with Gasteiger partial charge in [0.1, 0.15) is 17.7 Å². The summed E-state index contributed by atoms with van der Waals surface area (Å²) >= 11 is 0. The Bertz CT molecular complexity index is 870. The van der Waals surface area contributed by atoms with Gasteiger partial charge in [0.2, 0.25) is 11.8 Å². The summed E-state index contributed by atoms with van der Waals surface area (Å²) in [6.07, 6.45) is 7.04. The number of aliphatic hydroxyl groups is 1. The number of rotatable bonds is 12. The molecule has 1 aromatic rings. The number of alkyl carbamates (subject to hydrolysis) is 1. The molecule has 3 amide bonds. The maximum atomic E-state index is 13.8. The number of carbonyl (C=O) groups is 3. The molecule has 35 heavy (non-hydrogen) atoms. The van der Waals surface area contributed by atoms with Crippen LogP contribution >= 0.6 is 0 Å². The van der Waals surface area contributed by atoms with Crippen molar-refractivity contribution in [1.29, 1.82) is 0 Å². The van der Waals surface area contributed by atoms with E-state index in [4.69, 9.17) is 11.2 Å². The van der Waals surface area contributed by atoms with Gasteiger partial charge < -0.3 is 25.4 Å². The number of nitrogens with one attached hydrogen (secondary N) is 2. The van der Waals surface area contributed by atoms with Crippen LogP contribution in [0.2, 0.25) is 0 Å². The van der Waals surface area contributed by atoms with Gasteiger partial charge in [-0.2, -0.15) is 0 Å². The zero-order valence-corrected chi connectivity index (χ0v) is 21.9. The minimum atomic E-state index is -1.01. The van der Waals surface area contributed by atoms with Crippen molar-refractivity contribution in [1.82, 2.24) is 15.5 Å². The van der Waals surface area contributed by atoms with Gasteiger partial charge in [-0.05, 0) is 50.8 Å². The molecular formula is C27H41N3O5. The Morgan fingerprint density at radius 1 is 1.17 bits per heavy atom. The van der Waals surface area contributed by atoms with Gasteiger partial charge in [0.05, 0.1) is 6.61 Å². The van der Waals surface area contributed by atoms with Crippen molar-refractivity contribution < 1.29 is 24.2 Å². The highest BCUT2D eigenvalue weighted by atomic mass is 16.6. The third kappa shape index (κ3) is 9.61. The van der Waals surface area contributed by atoms with Gasteiger partial charge in [-0.15, -0.1) is 6.42 Å². The molecule has 3 N–H and O–H groups in total. The highest BCUT2D eigenvalue weighted by Gasteiger charge is 2.37. The average Bonchev–Trinajstić information content (AvgIpc) is 2.80. The lowest BCUT2D eigenvalue weighted by molar-refractivity contribution is -0.144. The molecule has 3 unspecified atom stereocenters. The number of aliphatic hydroxyl groups excluding tert-OH is 1. The van der Waals surface area contributed by atoms with Crippen molar-refractivity contribution >= 4 is 17.9 Å². The van der Waals surface area contributed by atoms with E-state index < -0.39 is 29.7 Å². The van der Waals surface area contributed by atoms with Crippen LogP contribution < -0.4 is 10.6 Å². The third-order valence-electron chi connectivity index (χ3n) is 5.56. The first-order valence-electron chi connectivity index (χ1n) is 12.2. The van der Waals surface area contributed by atoms with Gasteiger partial charge in [0, 0.05) is 18.7 Å². The fraction of sp³-hybridized carbons (Fsp3) is 0.593. The van der Waals surface area contributed by atoms with E-state index in [0.29, 0.717) is 24.1 Å². The van der Waals surface area contributed by atoms with Crippen LogP contribution in [0, 0.1) is 18.3 Å². The van der Waals surface area contributed by atoms with Crippen molar-refractivity contribution in [3.8, 4) is 12.3 Å². The summed E-state index contributed by atoms with van der Waals surface area (Å²) in [5.74, 6) is 1.45. The molecule has 0 saturated heterocycles. The van der Waals surface area contributed by atoms with Crippen LogP contribution in [0.25, 0.3) is 0 Å². The first-order chi connectivity index (χ1) is 16.5. The Hall–Kier alpha value is -3.05. The SMILES string of the molecule is C#Cc1ccc(C(C(=O)NCCCC)N(CCO)C(=O)C(NC(=O)OC(C)(C)C)C(C)CC)cc1. The summed E-state index contributed by atoms with van der Waals surface area (Å²) in [7, 11) is 0. The van der Waals surface area contributed by atoms with E-state index in [1.807, 2.05) is 20.8 Å². The van der Waals surface area contributed by atoms with Crippen molar-refractivity contribution in [2.45, 2.75) is 78.5 Å². The molecule has 8 heteroatoms. The maximum absolute atomic E-state index is 13.8. The monoisotopic (exact) mass is 487 g/mol. The Morgan fingerprint density at radius 2 is 1.80 bits per heavy atom. The van der Waals surface area contributed by atoms with E-state index in [1.165, 1.54) is 4.90 Å². The van der Waals surface area contributed by atoms with E-state index in [1.54, 1.807) is 45.0 Å². The molecule has 0 aromatic heterocycles. The van der Waals surface area contributed by atoms with Crippen LogP contribution in [0.15, 0.2) is 24.3 Å². The molecule has 0 aliphatic heterocycles. The molecule has 1 aromatic carbocycles. The standard InChI is InChI=1S/C27H41N3O5/c1-8-11-16-28-24(32)23(21-14-12-20(10-3)13-15-21)30(17-18-31)25(33)22(19(4)9-2)29-26(34)35-27(5,6)7/h3,12-15,19,22-23,31H,8-9,11,16-18H2,1-2,4-7H3,(H,28,32)(H,29,34). The third-order valence-corrected chi connectivity index (χ3v) is 5.56. The predicted octanol–water partition coefficient (Wildman–Crippen LogP) is 3.39. The lowest BCUT2D eigenvalue weighted by Gasteiger charge is -2.35. The van der Waals surface area contributed by atoms with Crippen LogP contribution in [-0.2, 0) is 14.3 Å². The molecule has 3 atom stereocenters. The maximum Gasteiger partial charge on any atom is 0.408 e. The van der Waals surface area contributed by atoms with E-state index >= 15 is 0 Å². The van der Waals surface area contributed by atoms with E-state index in [-0.39, 0.29) is 25.0 Å². The van der Waals surface area contributed by atoms with Gasteiger partial charge in [-0.3, -0.25) is 9.59 Å². The largest absolute Gasteiger partial charge is 0.444 e. The van der Waals surface area contributed by atoms with Gasteiger partial charge in [-0.25, -0.2) is 4.79 Å². The second kappa shape index (κ2) is 14.4. The zero-order chi connectivity index (χ0) is 26.6. The number of carbonyl (C=O) groups excluding carboxylic acids is 3. The van der Waals surface area contributed by atoms with Crippen LogP contribution in [-0.4, -0.2) is 59.3 Å². The minimum Gasteiger partial charge on any atom is -0.444 e. The fourth-order valence-corrected chi connectivity index (χ4v) is 3.49. The number of terminal acetylenes is 1. The van der Waals surface area contributed by atoms with Gasteiger partial charge in [0.15, 0.2) is 0 Å². The average molecular weight is 488 g/mol. The number of amides is 3. The number of nitrogens with zero attached hydrogens (tertiary/aromatic N) is 1. The quantitative estimate of drug-likeness (QED) is 0.309. The fourth-order valence-electron chi connectivity index (χ4n) is 3.49. The Kier molecular flexibility index (Phi) is 12.3. The summed E-state index contributed by atoms with van der Waals surface area (Å²) in [6.45, 7) is 11.0. The molecular weight excluding hydrogens is 446 g/mol. The van der Waals surface area contributed by atoms with Gasteiger partial charge in [0.25, 0.3) is 0 Å². The number of unbranched alkanes of at least 4 members (excludes halogenated alkanes) is 1. The predicted molar refractivity (Wildman–Crippen MR) is 136 cm³/mol. The van der Waals surface area contributed by atoms with Crippen LogP contribution in [0.3, 0.4) is 0 Å². The van der Waals surface area contributed by atoms with E-state index in [0.717, 1.165) is 12.8 Å². The molecule has 0 saturated carbocycles. The van der Waals surface area contributed by atoms with Crippen LogP contribution in [0.4, 0.5) is 4.79 Å². The first-order valence-corrected chi connectivity index (χ1v) is 12.2. The number of hydrogen-bond acceptors (Lipinski definition) is 5. The first kappa shape index (κ1) is 30.0. The normalized spacial score (nSPS) is 13.7. The lowest BCUT2D eigenvalue weighted by atomic mass is 9.95. The van der Waals surface area contributed by atoms with E-state index in [9.17, 15) is 19.5 Å². The molecule has 0 spiro atoms. The van der Waals surface area contributed by atoms with Gasteiger partial charge in [-0.1, -0.05) is 51.7 Å². The van der Waals surface area contributed by atoms with Crippen molar-refractivity contribution in [2.75, 3.05) is 19.7 Å². The summed E-state index contributed by atoms with van der Waals surface area (Å²) in [4.78, 5) is 41.0. The smallest absolute Gasteiger partial charge is 0.408 e. The molecule has 0 aliphatic rings. The van der Waals surface area contributed by atoms with Gasteiger partial charge >= 0.3 is 6.09 Å². The summed E-state index contributed by atoms with van der Waals surface area (Å²) in [6, 6.07) is 4.86. The minimum absolute atomic E-state index is 0.0927. The molecule has 0 radical (unpaired) electrons. The molecule has 194 valence electrons. The highest BCUT2D eigenvalue weighted by Crippen LogP contribution is 2.25. The van der Waals surface area contributed by atoms with Crippen molar-refractivity contribution in [3.63, 3.8) is 0 Å². The second-order valence-electron chi connectivity index (χ2n) is 9.58. The zero-order valence-electron chi connectivity index (χ0n) is 21.9. The topological polar surface area (TPSA) is 108 Å². The molecule has 0 bridgehead atoms. The number of hydrogen-bond donors (Lipinski definition) is 3. The molecule has 0 fully saturated rings. The second-order valence-corrected chi connectivity index (χ2v) is 9.58. The molecule has 8 nitrogen and oxygen atoms in total. The van der Waals surface area contributed by atoms with Crippen LogP contribution in [0.1, 0.15) is 78.0 Å². The lowest BCUT2D eigenvalue weighted by Crippen LogP contribution is -2.55. The molecule has 1 rings (SSSR count). The Balaban J connectivity index is 3.42. The molecule has 0 heterocycles. The highest BCUT2D eigenvalue weighted by molar-refractivity contribution is 5.92. The van der Waals surface area contributed by atoms with Crippen molar-refractivity contribution in [2.24, 2.45) is 5.92 Å². The Morgan fingerprint density at radius 3 is 2.29 bits per heavy atom. The van der Waals surface area contributed by atoms with Crippen molar-refractivity contribution in [3.05, 3.63) is 35.4 Å². The Labute approximate surface area is 209 Å². The number of benzene rings is 1.